The van der Waals surface area contributed by atoms with E-state index in [4.69, 9.17) is 4.99 Å². The van der Waals surface area contributed by atoms with Gasteiger partial charge >= 0.3 is 0 Å². The van der Waals surface area contributed by atoms with Gasteiger partial charge in [0.15, 0.2) is 0 Å². The molecular weight excluding hydrogens is 500 g/mol. The van der Waals surface area contributed by atoms with Crippen LogP contribution in [0.15, 0.2) is 101 Å². The Balaban J connectivity index is 1.46. The van der Waals surface area contributed by atoms with Crippen molar-refractivity contribution in [1.29, 1.82) is 5.26 Å². The van der Waals surface area contributed by atoms with E-state index in [1.165, 1.54) is 11.3 Å². The zero-order valence-corrected chi connectivity index (χ0v) is 23.0. The fourth-order valence-electron chi connectivity index (χ4n) is 4.86. The highest BCUT2D eigenvalue weighted by atomic mass is 32.1. The van der Waals surface area contributed by atoms with Gasteiger partial charge < -0.3 is 5.32 Å². The number of nitriles is 1. The number of carbonyl (C=O) groups is 1. The molecule has 39 heavy (non-hydrogen) atoms. The van der Waals surface area contributed by atoms with E-state index in [2.05, 4.69) is 47.6 Å². The van der Waals surface area contributed by atoms with Crippen molar-refractivity contribution in [3.63, 3.8) is 0 Å². The Bertz CT molecular complexity index is 1580. The maximum atomic E-state index is 13.9. The van der Waals surface area contributed by atoms with Gasteiger partial charge in [-0.25, -0.2) is 9.98 Å². The summed E-state index contributed by atoms with van der Waals surface area (Å²) in [6.07, 6.45) is 5.21. The quantitative estimate of drug-likeness (QED) is 0.226. The van der Waals surface area contributed by atoms with Crippen molar-refractivity contribution in [2.45, 2.75) is 45.6 Å². The fraction of sp³-hybridized carbons (Fsp3) is 0.212. The molecule has 0 fully saturated rings. The number of hydrogen-bond acceptors (Lipinski definition) is 6. The molecule has 0 bridgehead atoms. The second kappa shape index (κ2) is 12.0. The molecule has 3 aromatic carbocycles. The molecule has 1 atom stereocenters. The molecule has 6 heteroatoms. The van der Waals surface area contributed by atoms with Crippen molar-refractivity contribution < 1.29 is 4.79 Å². The van der Waals surface area contributed by atoms with E-state index in [-0.39, 0.29) is 5.78 Å². The van der Waals surface area contributed by atoms with Gasteiger partial charge in [0.2, 0.25) is 5.78 Å². The van der Waals surface area contributed by atoms with E-state index in [1.54, 1.807) is 6.20 Å². The summed E-state index contributed by atoms with van der Waals surface area (Å²) in [4.78, 5) is 23.9. The van der Waals surface area contributed by atoms with Crippen molar-refractivity contribution in [2.24, 2.45) is 4.99 Å². The largest absolute Gasteiger partial charge is 0.360 e. The Labute approximate surface area is 233 Å². The van der Waals surface area contributed by atoms with Crippen LogP contribution in [0, 0.1) is 11.3 Å². The highest BCUT2D eigenvalue weighted by Crippen LogP contribution is 2.31. The molecule has 0 radical (unpaired) electrons. The standard InChI is InChI=1S/C33H30N4OS/c1-3-4-14-29-28(19-23-15-17-24(18-16-23)27-13-9-8-12-26(27)20-34)31(37-22(2)36-29)32(38)30-21-35-33(39-30)25-10-6-5-7-11-25/h5-13,15-18,21,31H,3-4,14,19H2,1-2H3,(H,36,37). The molecule has 1 unspecified atom stereocenters. The summed E-state index contributed by atoms with van der Waals surface area (Å²) < 4.78 is 0. The summed E-state index contributed by atoms with van der Waals surface area (Å²) in [5.41, 5.74) is 6.69. The summed E-state index contributed by atoms with van der Waals surface area (Å²) >= 11 is 1.43. The van der Waals surface area contributed by atoms with Gasteiger partial charge in [0.1, 0.15) is 11.0 Å². The third-order valence-corrected chi connectivity index (χ3v) is 7.94. The number of aromatic nitrogens is 1. The Hall–Kier alpha value is -4.34. The lowest BCUT2D eigenvalue weighted by Gasteiger charge is -2.28. The van der Waals surface area contributed by atoms with E-state index < -0.39 is 6.04 Å². The summed E-state index contributed by atoms with van der Waals surface area (Å²) in [6, 6.07) is 27.6. The topological polar surface area (TPSA) is 78.1 Å². The minimum atomic E-state index is -0.488. The minimum Gasteiger partial charge on any atom is -0.360 e. The van der Waals surface area contributed by atoms with Crippen LogP contribution in [0.25, 0.3) is 21.7 Å². The van der Waals surface area contributed by atoms with Gasteiger partial charge in [-0.1, -0.05) is 86.1 Å². The maximum absolute atomic E-state index is 13.9. The lowest BCUT2D eigenvalue weighted by atomic mass is 9.90. The van der Waals surface area contributed by atoms with Crippen LogP contribution in [-0.2, 0) is 6.42 Å². The summed E-state index contributed by atoms with van der Waals surface area (Å²) in [7, 11) is 0. The molecule has 1 aromatic heterocycles. The number of nitrogens with zero attached hydrogens (tertiary/aromatic N) is 3. The number of ketones is 1. The lowest BCUT2D eigenvalue weighted by Crippen LogP contribution is -2.44. The SMILES string of the molecule is CCCCC1=C(Cc2ccc(-c3ccccc3C#N)cc2)C(C(=O)c2cnc(-c3ccccc3)s2)NC(C)=N1. The molecule has 4 aromatic rings. The fourth-order valence-corrected chi connectivity index (χ4v) is 5.75. The molecule has 1 aliphatic heterocycles. The second-order valence-electron chi connectivity index (χ2n) is 9.64. The van der Waals surface area contributed by atoms with Gasteiger partial charge in [-0.05, 0) is 54.5 Å². The first-order chi connectivity index (χ1) is 19.1. The highest BCUT2D eigenvalue weighted by molar-refractivity contribution is 7.17. The van der Waals surface area contributed by atoms with Crippen LogP contribution in [0.1, 0.15) is 53.9 Å². The van der Waals surface area contributed by atoms with Crippen LogP contribution in [0.4, 0.5) is 0 Å². The number of hydrogen-bond donors (Lipinski definition) is 1. The Morgan fingerprint density at radius 3 is 2.49 bits per heavy atom. The van der Waals surface area contributed by atoms with Crippen molar-refractivity contribution in [2.75, 3.05) is 0 Å². The predicted octanol–water partition coefficient (Wildman–Crippen LogP) is 7.61. The zero-order chi connectivity index (χ0) is 27.2. The van der Waals surface area contributed by atoms with Crippen LogP contribution in [-0.4, -0.2) is 22.6 Å². The first-order valence-corrected chi connectivity index (χ1v) is 14.1. The van der Waals surface area contributed by atoms with Crippen LogP contribution < -0.4 is 5.32 Å². The molecule has 5 rings (SSSR count). The van der Waals surface area contributed by atoms with Crippen LogP contribution >= 0.6 is 11.3 Å². The van der Waals surface area contributed by atoms with Gasteiger partial charge in [-0.2, -0.15) is 5.26 Å². The number of allylic oxidation sites excluding steroid dienone is 1. The Morgan fingerprint density at radius 2 is 1.74 bits per heavy atom. The number of benzene rings is 3. The number of rotatable bonds is 9. The Morgan fingerprint density at radius 1 is 1.00 bits per heavy atom. The van der Waals surface area contributed by atoms with E-state index in [0.717, 1.165) is 63.6 Å². The Kier molecular flexibility index (Phi) is 8.10. The monoisotopic (exact) mass is 530 g/mol. The molecule has 1 aliphatic rings. The number of unbranched alkanes of at least 4 members (excludes halogenated alkanes) is 1. The zero-order valence-electron chi connectivity index (χ0n) is 22.1. The first-order valence-electron chi connectivity index (χ1n) is 13.2. The molecule has 0 amide bonds. The molecule has 1 N–H and O–H groups in total. The number of aliphatic imine (C=N–C) groups is 1. The van der Waals surface area contributed by atoms with E-state index in [9.17, 15) is 10.1 Å². The van der Waals surface area contributed by atoms with E-state index in [1.807, 2.05) is 61.5 Å². The van der Waals surface area contributed by atoms with Crippen LogP contribution in [0.5, 0.6) is 0 Å². The predicted molar refractivity (Wildman–Crippen MR) is 159 cm³/mol. The molecule has 2 heterocycles. The number of nitrogens with one attached hydrogen (secondary N) is 1. The molecule has 0 saturated heterocycles. The van der Waals surface area contributed by atoms with Crippen molar-refractivity contribution in [1.82, 2.24) is 10.3 Å². The molecule has 5 nitrogen and oxygen atoms in total. The number of thiazole rings is 1. The van der Waals surface area contributed by atoms with Crippen LogP contribution in [0.3, 0.4) is 0 Å². The molecular formula is C33H30N4OS. The van der Waals surface area contributed by atoms with E-state index >= 15 is 0 Å². The van der Waals surface area contributed by atoms with Gasteiger partial charge in [-0.3, -0.25) is 4.79 Å². The second-order valence-corrected chi connectivity index (χ2v) is 10.7. The third-order valence-electron chi connectivity index (χ3n) is 6.88. The van der Waals surface area contributed by atoms with Gasteiger partial charge in [-0.15, -0.1) is 11.3 Å². The molecule has 194 valence electrons. The van der Waals surface area contributed by atoms with Gasteiger partial charge in [0.25, 0.3) is 0 Å². The third kappa shape index (κ3) is 5.89. The number of Topliss-reactive ketones (excluding diaryl/α,β-unsaturated/α-hetero) is 1. The highest BCUT2D eigenvalue weighted by Gasteiger charge is 2.31. The average molecular weight is 531 g/mol. The van der Waals surface area contributed by atoms with E-state index in [0.29, 0.717) is 16.9 Å². The molecule has 0 aliphatic carbocycles. The summed E-state index contributed by atoms with van der Waals surface area (Å²) in [5, 5.41) is 13.7. The van der Waals surface area contributed by atoms with Crippen LogP contribution in [0.2, 0.25) is 0 Å². The van der Waals surface area contributed by atoms with Gasteiger partial charge in [0.05, 0.1) is 22.3 Å². The van der Waals surface area contributed by atoms with Crippen molar-refractivity contribution >= 4 is 23.0 Å². The smallest absolute Gasteiger partial charge is 0.200 e. The number of amidine groups is 1. The van der Waals surface area contributed by atoms with Gasteiger partial charge in [0, 0.05) is 17.5 Å². The van der Waals surface area contributed by atoms with Crippen molar-refractivity contribution in [3.05, 3.63) is 112 Å². The number of carbonyl (C=O) groups excluding carboxylic acids is 1. The minimum absolute atomic E-state index is 0.0208. The molecule has 0 saturated carbocycles. The first kappa shape index (κ1) is 26.3. The normalized spacial score (nSPS) is 14.9. The molecule has 0 spiro atoms. The lowest BCUT2D eigenvalue weighted by molar-refractivity contribution is 0.0968. The van der Waals surface area contributed by atoms with Crippen molar-refractivity contribution in [3.8, 4) is 27.8 Å². The average Bonchev–Trinajstić information content (AvgIpc) is 3.48. The maximum Gasteiger partial charge on any atom is 0.200 e. The summed E-state index contributed by atoms with van der Waals surface area (Å²) in [6.45, 7) is 4.09. The summed E-state index contributed by atoms with van der Waals surface area (Å²) in [5.74, 6) is 0.784.